The molecular formula is C108H119Cl2N5O24. The van der Waals surface area contributed by atoms with E-state index in [0.29, 0.717) is 48.9 Å². The molecule has 734 valence electrons. The Kier molecular flexibility index (Phi) is 28.9. The van der Waals surface area contributed by atoms with Gasteiger partial charge in [-0.2, -0.15) is 0 Å². The van der Waals surface area contributed by atoms with Crippen LogP contribution in [0, 0.1) is 0 Å². The van der Waals surface area contributed by atoms with Crippen LogP contribution in [0.15, 0.2) is 188 Å². The van der Waals surface area contributed by atoms with Crippen molar-refractivity contribution < 1.29 is 116 Å². The second kappa shape index (κ2) is 39.8. The molecule has 4 spiro atoms. The summed E-state index contributed by atoms with van der Waals surface area (Å²) in [5.74, 6) is 0.600. The molecule has 0 unspecified atom stereocenters. The highest BCUT2D eigenvalue weighted by Gasteiger charge is 2.65. The number of hydrogen-bond acceptors (Lipinski definition) is 25. The van der Waals surface area contributed by atoms with Crippen LogP contribution >= 0.6 is 24.8 Å². The highest BCUT2D eigenvalue weighted by atomic mass is 35.5. The Bertz CT molecular complexity index is 6040. The number of aromatic nitrogens is 1. The number of carbonyl (C=O) groups is 8. The Labute approximate surface area is 820 Å². The first-order valence-corrected chi connectivity index (χ1v) is 46.5. The number of aryl methyl sites for hydroxylation is 1. The molecule has 31 heteroatoms. The van der Waals surface area contributed by atoms with Crippen LogP contribution in [-0.4, -0.2) is 222 Å². The lowest BCUT2D eigenvalue weighted by Gasteiger charge is -2.44. The first-order chi connectivity index (χ1) is 65.5. The van der Waals surface area contributed by atoms with Crippen LogP contribution in [0.4, 0.5) is 0 Å². The number of carboxylic acid groups (broad SMARTS) is 4. The number of halogens is 2. The molecule has 0 fully saturated rings. The monoisotopic (exact) mass is 1940 g/mol. The first kappa shape index (κ1) is 101. The van der Waals surface area contributed by atoms with Crippen molar-refractivity contribution in [3.05, 3.63) is 277 Å². The number of hydrogen-bond donors (Lipinski definition) is 4. The molecular weight excluding hydrogens is 1820 g/mol. The molecule has 12 atom stereocenters. The van der Waals surface area contributed by atoms with Gasteiger partial charge in [-0.25, -0.2) is 19.2 Å². The maximum absolute atomic E-state index is 12.7. The number of benzene rings is 7. The van der Waals surface area contributed by atoms with Crippen molar-refractivity contribution in [1.82, 2.24) is 24.6 Å². The maximum atomic E-state index is 12.7. The smallest absolute Gasteiger partial charge is 0.337 e. The van der Waals surface area contributed by atoms with E-state index in [4.69, 9.17) is 72.2 Å². The van der Waals surface area contributed by atoms with Gasteiger partial charge >= 0.3 is 47.8 Å². The number of pyridine rings is 1. The maximum Gasteiger partial charge on any atom is 0.337 e. The van der Waals surface area contributed by atoms with Crippen molar-refractivity contribution >= 4 is 72.6 Å². The summed E-state index contributed by atoms with van der Waals surface area (Å²) in [6.45, 7) is 15.5. The molecule has 9 heterocycles. The number of carbonyl (C=O) groups excluding carboxylic acids is 4. The average molecular weight is 1940 g/mol. The molecule has 8 aromatic rings. The molecule has 139 heavy (non-hydrogen) atoms. The first-order valence-electron chi connectivity index (χ1n) is 46.5. The molecule has 12 aliphatic rings. The molecule has 0 bridgehead atoms. The van der Waals surface area contributed by atoms with Gasteiger partial charge in [0.05, 0.1) is 97.3 Å². The largest absolute Gasteiger partial charge is 0.493 e. The van der Waals surface area contributed by atoms with Crippen molar-refractivity contribution in [2.24, 2.45) is 0 Å². The molecule has 29 nitrogen and oxygen atoms in total. The molecule has 4 aliphatic carbocycles. The highest BCUT2D eigenvalue weighted by molar-refractivity contribution is 5.90. The van der Waals surface area contributed by atoms with Crippen LogP contribution in [0.3, 0.4) is 0 Å². The zero-order valence-corrected chi connectivity index (χ0v) is 81.7. The SMILES string of the molecule is COc1ccc2c3c1O[C@@]1(C)C[C@@H](OC(=O)CCc4ccc(C(=O)O)cc4)C=C[C@@]31CCN(C)C2.COc1ccc2c3c1O[C@@]1(C)C[C@@H](OC(=O)Cc4ccc(C(=O)O)cc4)C=C[C@@]31CCN(C)C2.COc1ccc2c3c1O[C@@]1(C)C[C@@H](OC(=O)Cc4ccc(C(=O)O)cn4)C=C[C@@]31CCN(C)C2.COc1ccc2c3c1O[C@@]1(C)C[C@@H](OC(=O)Cc4cccc(C(=O)O)c4)C=C[C@@]31CCN(C)C2.Cl.Cl. The third-order valence-corrected chi connectivity index (χ3v) is 30.1. The van der Waals surface area contributed by atoms with E-state index in [9.17, 15) is 43.5 Å². The van der Waals surface area contributed by atoms with Gasteiger partial charge in [-0.05, 0) is 250 Å². The lowest BCUT2D eigenvalue weighted by molar-refractivity contribution is -0.150. The van der Waals surface area contributed by atoms with E-state index in [1.54, 1.807) is 77.0 Å². The van der Waals surface area contributed by atoms with Crippen molar-refractivity contribution in [2.75, 3.05) is 82.8 Å². The van der Waals surface area contributed by atoms with Gasteiger partial charge in [0.25, 0.3) is 0 Å². The fourth-order valence-electron chi connectivity index (χ4n) is 22.9. The van der Waals surface area contributed by atoms with Crippen LogP contribution in [-0.2, 0) is 112 Å². The topological polar surface area (TPSA) is 354 Å². The summed E-state index contributed by atoms with van der Waals surface area (Å²) in [6.07, 6.45) is 22.8. The summed E-state index contributed by atoms with van der Waals surface area (Å²) >= 11 is 0. The Balaban J connectivity index is 0.000000140. The number of ether oxygens (including phenoxy) is 12. The van der Waals surface area contributed by atoms with E-state index >= 15 is 0 Å². The third-order valence-electron chi connectivity index (χ3n) is 30.1. The normalized spacial score (nSPS) is 26.7. The summed E-state index contributed by atoms with van der Waals surface area (Å²) in [7, 11) is 15.1. The Morgan fingerprint density at radius 3 is 0.971 bits per heavy atom. The molecule has 0 amide bonds. The highest BCUT2D eigenvalue weighted by Crippen LogP contribution is 2.66. The average Bonchev–Trinajstić information content (AvgIpc) is 1.55. The van der Waals surface area contributed by atoms with Gasteiger partial charge in [0.1, 0.15) is 46.8 Å². The van der Waals surface area contributed by atoms with Gasteiger partial charge in [0.2, 0.25) is 0 Å². The lowest BCUT2D eigenvalue weighted by Crippen LogP contribution is -2.53. The van der Waals surface area contributed by atoms with Crippen molar-refractivity contribution in [3.63, 3.8) is 0 Å². The second-order valence-electron chi connectivity index (χ2n) is 38.9. The van der Waals surface area contributed by atoms with E-state index in [1.165, 1.54) is 87.1 Å². The quantitative estimate of drug-likeness (QED) is 0.0295. The molecule has 0 radical (unpaired) electrons. The van der Waals surface area contributed by atoms with Gasteiger partial charge < -0.3 is 96.9 Å². The van der Waals surface area contributed by atoms with Crippen LogP contribution < -0.4 is 37.9 Å². The summed E-state index contributed by atoms with van der Waals surface area (Å²) in [6, 6.07) is 38.6. The summed E-state index contributed by atoms with van der Waals surface area (Å²) in [5, 5.41) is 36.3. The third kappa shape index (κ3) is 19.0. The zero-order valence-electron chi connectivity index (χ0n) is 80.1. The van der Waals surface area contributed by atoms with Gasteiger partial charge in [-0.1, -0.05) is 85.0 Å². The van der Waals surface area contributed by atoms with Crippen LogP contribution in [0.25, 0.3) is 0 Å². The number of methoxy groups -OCH3 is 4. The Morgan fingerprint density at radius 1 is 0.360 bits per heavy atom. The predicted octanol–water partition coefficient (Wildman–Crippen LogP) is 15.6. The molecule has 8 aliphatic heterocycles. The minimum absolute atomic E-state index is 0. The predicted molar refractivity (Wildman–Crippen MR) is 519 cm³/mol. The van der Waals surface area contributed by atoms with Crippen molar-refractivity contribution in [3.8, 4) is 46.0 Å². The van der Waals surface area contributed by atoms with Crippen LogP contribution in [0.1, 0.15) is 194 Å². The molecule has 0 saturated carbocycles. The Morgan fingerprint density at radius 2 is 0.662 bits per heavy atom. The van der Waals surface area contributed by atoms with Crippen molar-refractivity contribution in [1.29, 1.82) is 0 Å². The van der Waals surface area contributed by atoms with E-state index < -0.39 is 76.5 Å². The number of nitrogens with zero attached hydrogens (tertiary/aromatic N) is 5. The van der Waals surface area contributed by atoms with Crippen molar-refractivity contribution in [2.45, 2.75) is 206 Å². The number of esters is 4. The number of aromatic carboxylic acids is 4. The van der Waals surface area contributed by atoms with Crippen LogP contribution in [0.5, 0.6) is 46.0 Å². The Hall–Kier alpha value is -12.8. The fourth-order valence-corrected chi connectivity index (χ4v) is 22.9. The summed E-state index contributed by atoms with van der Waals surface area (Å²) in [5.41, 5.74) is 9.46. The van der Waals surface area contributed by atoms with E-state index in [0.717, 1.165) is 130 Å². The minimum atomic E-state index is -1.06. The molecule has 0 saturated heterocycles. The zero-order chi connectivity index (χ0) is 97.1. The van der Waals surface area contributed by atoms with Crippen LogP contribution in [0.2, 0.25) is 0 Å². The van der Waals surface area contributed by atoms with E-state index in [-0.39, 0.29) is 112 Å². The second-order valence-corrected chi connectivity index (χ2v) is 38.9. The van der Waals surface area contributed by atoms with Gasteiger partial charge in [0.15, 0.2) is 46.0 Å². The number of rotatable bonds is 21. The van der Waals surface area contributed by atoms with E-state index in [2.05, 4.69) is 129 Å². The number of carboxylic acids is 4. The summed E-state index contributed by atoms with van der Waals surface area (Å²) in [4.78, 5) is 108. The molecule has 20 rings (SSSR count). The van der Waals surface area contributed by atoms with Gasteiger partial charge in [-0.3, -0.25) is 24.2 Å². The standard InChI is InChI=1S/C28H31NO6.2C27H29NO6.C26H28N2O6.2ClH/c1-27-16-21(34-23(30)11-6-18-4-7-19(8-5-18)26(31)32)12-13-28(27)14-15-29(2)17-20-9-10-22(33-3)25(35-27)24(20)28;1-26-15-20(33-22(29)14-17-4-6-18(7-5-17)25(30)31)10-11-27(26)12-13-28(2)16-19-8-9-21(32-3)24(34-26)23(19)27;1-26-15-20(33-22(29)14-17-5-4-6-18(13-17)25(30)31)9-10-27(26)11-12-28(2)16-19-7-8-21(32-3)24(34-26)23(19)27;1-25-13-19(33-21(29)12-18-6-4-16(14-27-18)24(30)31)8-9-26(25)10-11-28(2)15-17-5-7-20(32-3)23(34-25)22(17)26;;/h4-5,7-10,12-13,21H,6,11,14-17H2,1-3H3,(H,31,32);4-11,20H,12-16H2,1-3H3,(H,30,31);4-10,13,20H,11-12,14-16H2,1-3H3,(H,30,31);4-9,14,19H,10-13,15H2,1-3H3,(H,30,31);2*1H/t21-,27-,28+;2*20-,26-,27+;19-,25-,26+;;/m0000../s1. The van der Waals surface area contributed by atoms with Gasteiger partial charge in [0, 0.05) is 86.7 Å². The van der Waals surface area contributed by atoms with Gasteiger partial charge in [-0.15, -0.1) is 24.8 Å². The molecule has 7 aromatic carbocycles. The summed E-state index contributed by atoms with van der Waals surface area (Å²) < 4.78 is 72.5. The van der Waals surface area contributed by atoms with E-state index in [1.807, 2.05) is 48.6 Å². The lowest BCUT2D eigenvalue weighted by atomic mass is 9.62. The fraction of sp³-hybridized carbons (Fsp3) is 0.417. The molecule has 4 N–H and O–H groups in total. The minimum Gasteiger partial charge on any atom is -0.493 e. The molecule has 1 aromatic heterocycles.